The molecule has 0 aliphatic carbocycles. The fraction of sp³-hybridized carbons (Fsp3) is 0.353. The number of hydrogen-bond acceptors (Lipinski definition) is 3. The van der Waals surface area contributed by atoms with Crippen molar-refractivity contribution in [3.05, 3.63) is 52.2 Å². The molecule has 0 saturated carbocycles. The van der Waals surface area contributed by atoms with Gasteiger partial charge in [-0.15, -0.1) is 0 Å². The van der Waals surface area contributed by atoms with Crippen molar-refractivity contribution in [3.63, 3.8) is 0 Å². The van der Waals surface area contributed by atoms with Crippen LogP contribution in [-0.2, 0) is 6.54 Å². The second kappa shape index (κ2) is 5.53. The summed E-state index contributed by atoms with van der Waals surface area (Å²) >= 11 is 0. The molecule has 1 aromatic heterocycles. The molecule has 1 aromatic carbocycles. The average Bonchev–Trinajstić information content (AvgIpc) is 2.42. The normalized spacial score (nSPS) is 10.7. The van der Waals surface area contributed by atoms with E-state index in [9.17, 15) is 0 Å². The number of nitrogen functional groups attached to an aromatic ring is 1. The molecule has 0 radical (unpaired) electrons. The molecule has 0 amide bonds. The molecule has 0 saturated heterocycles. The second-order valence-corrected chi connectivity index (χ2v) is 5.55. The highest BCUT2D eigenvalue weighted by molar-refractivity contribution is 5.52. The van der Waals surface area contributed by atoms with E-state index >= 15 is 0 Å². The van der Waals surface area contributed by atoms with Crippen molar-refractivity contribution in [1.82, 2.24) is 4.98 Å². The predicted octanol–water partition coefficient (Wildman–Crippen LogP) is 3.53. The maximum atomic E-state index is 5.82. The van der Waals surface area contributed by atoms with Gasteiger partial charge in [-0.25, -0.2) is 4.98 Å². The zero-order valence-electron chi connectivity index (χ0n) is 13.0. The molecule has 0 fully saturated rings. The number of pyridine rings is 1. The largest absolute Gasteiger partial charge is 0.397 e. The lowest BCUT2D eigenvalue weighted by Gasteiger charge is -2.21. The van der Waals surface area contributed by atoms with Gasteiger partial charge in [-0.05, 0) is 61.6 Å². The van der Waals surface area contributed by atoms with Crippen LogP contribution in [0.1, 0.15) is 27.8 Å². The van der Waals surface area contributed by atoms with E-state index < -0.39 is 0 Å². The summed E-state index contributed by atoms with van der Waals surface area (Å²) in [4.78, 5) is 6.56. The first-order valence-corrected chi connectivity index (χ1v) is 6.89. The van der Waals surface area contributed by atoms with Gasteiger partial charge in [0.25, 0.3) is 0 Å². The van der Waals surface area contributed by atoms with Gasteiger partial charge in [0.1, 0.15) is 5.82 Å². The first kappa shape index (κ1) is 14.4. The Bertz CT molecular complexity index is 632. The summed E-state index contributed by atoms with van der Waals surface area (Å²) in [6, 6.07) is 6.43. The molecule has 0 aliphatic rings. The maximum Gasteiger partial charge on any atom is 0.128 e. The molecule has 106 valence electrons. The SMILES string of the molecule is Cc1cc(N(C)Cc2ccc(C)c(C)c2C)ncc1N. The summed E-state index contributed by atoms with van der Waals surface area (Å²) in [6.07, 6.45) is 1.73. The third kappa shape index (κ3) is 2.77. The Morgan fingerprint density at radius 3 is 2.40 bits per heavy atom. The van der Waals surface area contributed by atoms with E-state index in [4.69, 9.17) is 5.73 Å². The third-order valence-corrected chi connectivity index (χ3v) is 4.11. The number of benzene rings is 1. The van der Waals surface area contributed by atoms with Crippen LogP contribution in [0.3, 0.4) is 0 Å². The van der Waals surface area contributed by atoms with Gasteiger partial charge >= 0.3 is 0 Å². The Morgan fingerprint density at radius 2 is 1.75 bits per heavy atom. The lowest BCUT2D eigenvalue weighted by molar-refractivity contribution is 0.886. The van der Waals surface area contributed by atoms with Crippen molar-refractivity contribution < 1.29 is 0 Å². The molecular formula is C17H23N3. The zero-order valence-corrected chi connectivity index (χ0v) is 13.0. The van der Waals surface area contributed by atoms with Crippen molar-refractivity contribution in [3.8, 4) is 0 Å². The van der Waals surface area contributed by atoms with E-state index in [1.54, 1.807) is 6.20 Å². The van der Waals surface area contributed by atoms with Crippen molar-refractivity contribution in [2.24, 2.45) is 0 Å². The molecule has 3 nitrogen and oxygen atoms in total. The third-order valence-electron chi connectivity index (χ3n) is 4.11. The quantitative estimate of drug-likeness (QED) is 0.926. The topological polar surface area (TPSA) is 42.2 Å². The number of aromatic nitrogens is 1. The predicted molar refractivity (Wildman–Crippen MR) is 86.1 cm³/mol. The summed E-state index contributed by atoms with van der Waals surface area (Å²) in [6.45, 7) is 9.38. The van der Waals surface area contributed by atoms with Crippen LogP contribution < -0.4 is 10.6 Å². The number of nitrogens with two attached hydrogens (primary N) is 1. The second-order valence-electron chi connectivity index (χ2n) is 5.55. The van der Waals surface area contributed by atoms with E-state index in [-0.39, 0.29) is 0 Å². The number of nitrogens with zero attached hydrogens (tertiary/aromatic N) is 2. The van der Waals surface area contributed by atoms with Crippen LogP contribution in [0, 0.1) is 27.7 Å². The van der Waals surface area contributed by atoms with Crippen molar-refractivity contribution in [2.75, 3.05) is 17.7 Å². The van der Waals surface area contributed by atoms with Crippen LogP contribution in [0.2, 0.25) is 0 Å². The Hall–Kier alpha value is -2.03. The van der Waals surface area contributed by atoms with Gasteiger partial charge in [0, 0.05) is 13.6 Å². The Labute approximate surface area is 121 Å². The molecule has 2 N–H and O–H groups in total. The van der Waals surface area contributed by atoms with Gasteiger partial charge < -0.3 is 10.6 Å². The molecule has 3 heteroatoms. The van der Waals surface area contributed by atoms with Crippen LogP contribution in [-0.4, -0.2) is 12.0 Å². The van der Waals surface area contributed by atoms with Crippen LogP contribution in [0.15, 0.2) is 24.4 Å². The van der Waals surface area contributed by atoms with Gasteiger partial charge in [-0.3, -0.25) is 0 Å². The summed E-state index contributed by atoms with van der Waals surface area (Å²) in [7, 11) is 2.06. The molecule has 20 heavy (non-hydrogen) atoms. The summed E-state index contributed by atoms with van der Waals surface area (Å²) in [5.41, 5.74) is 13.0. The van der Waals surface area contributed by atoms with E-state index in [1.807, 2.05) is 13.0 Å². The molecule has 1 heterocycles. The number of hydrogen-bond donors (Lipinski definition) is 1. The van der Waals surface area contributed by atoms with E-state index in [1.165, 1.54) is 22.3 Å². The smallest absolute Gasteiger partial charge is 0.128 e. The minimum absolute atomic E-state index is 0.740. The van der Waals surface area contributed by atoms with Crippen LogP contribution in [0.25, 0.3) is 0 Å². The highest BCUT2D eigenvalue weighted by Crippen LogP contribution is 2.21. The lowest BCUT2D eigenvalue weighted by Crippen LogP contribution is -2.19. The summed E-state index contributed by atoms with van der Waals surface area (Å²) in [5.74, 6) is 0.953. The summed E-state index contributed by atoms with van der Waals surface area (Å²) in [5, 5.41) is 0. The van der Waals surface area contributed by atoms with E-state index in [2.05, 4.69) is 49.8 Å². The molecule has 2 rings (SSSR count). The fourth-order valence-corrected chi connectivity index (χ4v) is 2.28. The number of anilines is 2. The average molecular weight is 269 g/mol. The lowest BCUT2D eigenvalue weighted by atomic mass is 9.98. The molecule has 0 unspecified atom stereocenters. The monoisotopic (exact) mass is 269 g/mol. The van der Waals surface area contributed by atoms with Gasteiger partial charge in [0.2, 0.25) is 0 Å². The molecule has 2 aromatic rings. The van der Waals surface area contributed by atoms with Gasteiger partial charge in [-0.1, -0.05) is 12.1 Å². The molecule has 0 aliphatic heterocycles. The minimum atomic E-state index is 0.740. The van der Waals surface area contributed by atoms with Gasteiger partial charge in [0.15, 0.2) is 0 Å². The Morgan fingerprint density at radius 1 is 1.05 bits per heavy atom. The molecule has 0 atom stereocenters. The Balaban J connectivity index is 2.25. The molecule has 0 bridgehead atoms. The summed E-state index contributed by atoms with van der Waals surface area (Å²) < 4.78 is 0. The first-order valence-electron chi connectivity index (χ1n) is 6.89. The highest BCUT2D eigenvalue weighted by Gasteiger charge is 2.09. The van der Waals surface area contributed by atoms with Crippen LogP contribution >= 0.6 is 0 Å². The fourth-order valence-electron chi connectivity index (χ4n) is 2.28. The van der Waals surface area contributed by atoms with Crippen LogP contribution in [0.4, 0.5) is 11.5 Å². The number of rotatable bonds is 3. The van der Waals surface area contributed by atoms with Crippen molar-refractivity contribution in [2.45, 2.75) is 34.2 Å². The Kier molecular flexibility index (Phi) is 3.98. The molecule has 0 spiro atoms. The highest BCUT2D eigenvalue weighted by atomic mass is 15.2. The van der Waals surface area contributed by atoms with Gasteiger partial charge in [0.05, 0.1) is 11.9 Å². The maximum absolute atomic E-state index is 5.82. The van der Waals surface area contributed by atoms with Crippen molar-refractivity contribution in [1.29, 1.82) is 0 Å². The zero-order chi connectivity index (χ0) is 14.9. The van der Waals surface area contributed by atoms with Gasteiger partial charge in [-0.2, -0.15) is 0 Å². The number of aryl methyl sites for hydroxylation is 2. The van der Waals surface area contributed by atoms with Crippen LogP contribution in [0.5, 0.6) is 0 Å². The standard InChI is InChI=1S/C17H23N3/c1-11-6-7-15(14(4)13(11)3)10-20(5)17-8-12(2)16(18)9-19-17/h6-9H,10,18H2,1-5H3. The van der Waals surface area contributed by atoms with E-state index in [0.29, 0.717) is 0 Å². The molecular weight excluding hydrogens is 246 g/mol. The minimum Gasteiger partial charge on any atom is -0.397 e. The van der Waals surface area contributed by atoms with Crippen molar-refractivity contribution >= 4 is 11.5 Å². The first-order chi connectivity index (χ1) is 9.40. The van der Waals surface area contributed by atoms with E-state index in [0.717, 1.165) is 23.6 Å².